The molecule has 2 atom stereocenters. The van der Waals surface area contributed by atoms with Gasteiger partial charge in [-0.2, -0.15) is 0 Å². The summed E-state index contributed by atoms with van der Waals surface area (Å²) in [5.41, 5.74) is 0. The first-order valence-corrected chi connectivity index (χ1v) is 6.30. The Morgan fingerprint density at radius 3 is 3.06 bits per heavy atom. The van der Waals surface area contributed by atoms with E-state index < -0.39 is 0 Å². The molecule has 3 heterocycles. The molecule has 2 N–H and O–H groups in total. The summed E-state index contributed by atoms with van der Waals surface area (Å²) in [6.07, 6.45) is 1.31. The largest absolute Gasteiger partial charge is 0.336 e. The van der Waals surface area contributed by atoms with Gasteiger partial charge in [-0.15, -0.1) is 0 Å². The van der Waals surface area contributed by atoms with Crippen LogP contribution in [0.25, 0.3) is 0 Å². The van der Waals surface area contributed by atoms with Gasteiger partial charge in [0, 0.05) is 32.7 Å². The van der Waals surface area contributed by atoms with Crippen LogP contribution < -0.4 is 10.6 Å². The molecule has 0 saturated carbocycles. The summed E-state index contributed by atoms with van der Waals surface area (Å²) in [5, 5.41) is 6.34. The van der Waals surface area contributed by atoms with Gasteiger partial charge in [0.1, 0.15) is 0 Å². The van der Waals surface area contributed by atoms with Crippen LogP contribution in [0.15, 0.2) is 0 Å². The fourth-order valence-corrected chi connectivity index (χ4v) is 3.07. The zero-order chi connectivity index (χ0) is 11.0. The van der Waals surface area contributed by atoms with Crippen molar-refractivity contribution in [1.29, 1.82) is 0 Å². The van der Waals surface area contributed by atoms with Crippen molar-refractivity contribution in [2.24, 2.45) is 5.92 Å². The van der Waals surface area contributed by atoms with Crippen LogP contribution in [0.2, 0.25) is 0 Å². The zero-order valence-electron chi connectivity index (χ0n) is 9.61. The molecule has 0 aromatic carbocycles. The van der Waals surface area contributed by atoms with E-state index in [9.17, 15) is 4.79 Å². The second kappa shape index (κ2) is 4.22. The Morgan fingerprint density at radius 1 is 1.31 bits per heavy atom. The van der Waals surface area contributed by atoms with E-state index in [0.717, 1.165) is 32.1 Å². The van der Waals surface area contributed by atoms with E-state index in [1.54, 1.807) is 0 Å². The van der Waals surface area contributed by atoms with Gasteiger partial charge < -0.3 is 15.5 Å². The van der Waals surface area contributed by atoms with Gasteiger partial charge >= 0.3 is 6.03 Å². The summed E-state index contributed by atoms with van der Waals surface area (Å²) in [5.74, 6) is 0.816. The fourth-order valence-electron chi connectivity index (χ4n) is 3.07. The highest BCUT2D eigenvalue weighted by atomic mass is 16.2. The fraction of sp³-hybridized carbons (Fsp3) is 0.909. The van der Waals surface area contributed by atoms with Crippen LogP contribution in [0.3, 0.4) is 0 Å². The van der Waals surface area contributed by atoms with Crippen molar-refractivity contribution in [3.8, 4) is 0 Å². The lowest BCUT2D eigenvalue weighted by Gasteiger charge is -2.37. The lowest BCUT2D eigenvalue weighted by atomic mass is 10.1. The zero-order valence-corrected chi connectivity index (χ0v) is 9.61. The van der Waals surface area contributed by atoms with Crippen molar-refractivity contribution >= 4 is 6.03 Å². The van der Waals surface area contributed by atoms with E-state index >= 15 is 0 Å². The lowest BCUT2D eigenvalue weighted by molar-refractivity contribution is 0.110. The number of carbonyl (C=O) groups excluding carboxylic acids is 1. The van der Waals surface area contributed by atoms with E-state index in [0.29, 0.717) is 6.04 Å². The minimum atomic E-state index is 0.132. The number of hydrogen-bond acceptors (Lipinski definition) is 3. The van der Waals surface area contributed by atoms with Gasteiger partial charge in [0.25, 0.3) is 0 Å². The van der Waals surface area contributed by atoms with Crippen LogP contribution >= 0.6 is 0 Å². The normalized spacial score (nSPS) is 35.2. The number of carbonyl (C=O) groups is 1. The summed E-state index contributed by atoms with van der Waals surface area (Å²) in [4.78, 5) is 16.0. The van der Waals surface area contributed by atoms with Gasteiger partial charge in [-0.1, -0.05) is 0 Å². The van der Waals surface area contributed by atoms with E-state index in [-0.39, 0.29) is 6.03 Å². The van der Waals surface area contributed by atoms with Crippen LogP contribution in [0.5, 0.6) is 0 Å². The SMILES string of the molecule is O=C1NCC2CN(CC3CCNC3)CCN12. The number of hydrogen-bond donors (Lipinski definition) is 2. The molecule has 3 rings (SSSR count). The van der Waals surface area contributed by atoms with Gasteiger partial charge in [-0.05, 0) is 25.4 Å². The molecular weight excluding hydrogens is 204 g/mol. The van der Waals surface area contributed by atoms with Crippen molar-refractivity contribution in [3.05, 3.63) is 0 Å². The molecule has 90 valence electrons. The third-order valence-corrected chi connectivity index (χ3v) is 4.00. The molecule has 3 aliphatic rings. The quantitative estimate of drug-likeness (QED) is 0.652. The van der Waals surface area contributed by atoms with Crippen LogP contribution in [0, 0.1) is 5.92 Å². The van der Waals surface area contributed by atoms with Gasteiger partial charge in [-0.25, -0.2) is 4.79 Å². The molecule has 2 unspecified atom stereocenters. The maximum Gasteiger partial charge on any atom is 0.317 e. The maximum atomic E-state index is 11.4. The Labute approximate surface area is 96.2 Å². The molecule has 3 aliphatic heterocycles. The number of piperazine rings is 1. The minimum Gasteiger partial charge on any atom is -0.336 e. The Kier molecular flexibility index (Phi) is 2.73. The molecule has 16 heavy (non-hydrogen) atoms. The van der Waals surface area contributed by atoms with Crippen molar-refractivity contribution < 1.29 is 4.79 Å². The van der Waals surface area contributed by atoms with Crippen LogP contribution in [0.4, 0.5) is 4.79 Å². The molecule has 0 spiro atoms. The van der Waals surface area contributed by atoms with Gasteiger partial charge in [0.05, 0.1) is 6.04 Å². The highest BCUT2D eigenvalue weighted by molar-refractivity contribution is 5.77. The summed E-state index contributed by atoms with van der Waals surface area (Å²) in [7, 11) is 0. The molecule has 0 aromatic heterocycles. The van der Waals surface area contributed by atoms with Gasteiger partial charge in [0.15, 0.2) is 0 Å². The second-order valence-electron chi connectivity index (χ2n) is 5.15. The molecule has 2 amide bonds. The monoisotopic (exact) mass is 224 g/mol. The topological polar surface area (TPSA) is 47.6 Å². The van der Waals surface area contributed by atoms with Crippen molar-refractivity contribution in [2.45, 2.75) is 12.5 Å². The summed E-state index contributed by atoms with van der Waals surface area (Å²) in [6.45, 7) is 7.37. The Bertz CT molecular complexity index is 277. The maximum absolute atomic E-state index is 11.4. The Morgan fingerprint density at radius 2 is 2.25 bits per heavy atom. The van der Waals surface area contributed by atoms with E-state index in [1.165, 1.54) is 26.1 Å². The summed E-state index contributed by atoms with van der Waals surface area (Å²) < 4.78 is 0. The number of fused-ring (bicyclic) bond motifs is 1. The number of nitrogens with one attached hydrogen (secondary N) is 2. The van der Waals surface area contributed by atoms with Crippen LogP contribution in [-0.2, 0) is 0 Å². The van der Waals surface area contributed by atoms with Crippen molar-refractivity contribution in [3.63, 3.8) is 0 Å². The third-order valence-electron chi connectivity index (χ3n) is 4.00. The highest BCUT2D eigenvalue weighted by Crippen LogP contribution is 2.17. The number of rotatable bonds is 2. The number of nitrogens with zero attached hydrogens (tertiary/aromatic N) is 2. The van der Waals surface area contributed by atoms with Crippen LogP contribution in [-0.4, -0.2) is 67.7 Å². The molecule has 0 bridgehead atoms. The molecule has 5 nitrogen and oxygen atoms in total. The van der Waals surface area contributed by atoms with E-state index in [1.807, 2.05) is 4.90 Å². The Hall–Kier alpha value is -0.810. The number of urea groups is 1. The molecule has 0 aromatic rings. The average Bonchev–Trinajstić information content (AvgIpc) is 2.90. The third kappa shape index (κ3) is 1.89. The van der Waals surface area contributed by atoms with E-state index in [4.69, 9.17) is 0 Å². The predicted octanol–water partition coefficient (Wildman–Crippen LogP) is -0.695. The van der Waals surface area contributed by atoms with Gasteiger partial charge in [-0.3, -0.25) is 4.90 Å². The first kappa shape index (κ1) is 10.4. The molecule has 0 radical (unpaired) electrons. The van der Waals surface area contributed by atoms with Crippen molar-refractivity contribution in [2.75, 3.05) is 45.8 Å². The van der Waals surface area contributed by atoms with Crippen molar-refractivity contribution in [1.82, 2.24) is 20.4 Å². The lowest BCUT2D eigenvalue weighted by Crippen LogP contribution is -2.53. The van der Waals surface area contributed by atoms with Crippen LogP contribution in [0.1, 0.15) is 6.42 Å². The molecule has 3 saturated heterocycles. The molecule has 5 heteroatoms. The number of amides is 2. The predicted molar refractivity (Wildman–Crippen MR) is 61.3 cm³/mol. The molecule has 3 fully saturated rings. The first-order chi connectivity index (χ1) is 7.83. The standard InChI is InChI=1S/C11H20N4O/c16-11-13-6-10-8-14(3-4-15(10)11)7-9-1-2-12-5-9/h9-10,12H,1-8H2,(H,13,16). The smallest absolute Gasteiger partial charge is 0.317 e. The summed E-state index contributed by atoms with van der Waals surface area (Å²) >= 11 is 0. The minimum absolute atomic E-state index is 0.132. The molecule has 0 aliphatic carbocycles. The van der Waals surface area contributed by atoms with E-state index in [2.05, 4.69) is 15.5 Å². The molecular formula is C11H20N4O. The Balaban J connectivity index is 1.53. The highest BCUT2D eigenvalue weighted by Gasteiger charge is 2.35. The van der Waals surface area contributed by atoms with Gasteiger partial charge in [0.2, 0.25) is 0 Å². The summed E-state index contributed by atoms with van der Waals surface area (Å²) in [6, 6.07) is 0.544. The first-order valence-electron chi connectivity index (χ1n) is 6.30. The second-order valence-corrected chi connectivity index (χ2v) is 5.15. The average molecular weight is 224 g/mol.